The third-order valence-corrected chi connectivity index (χ3v) is 5.53. The van der Waals surface area contributed by atoms with E-state index in [9.17, 15) is 8.42 Å². The van der Waals surface area contributed by atoms with E-state index in [0.717, 1.165) is 11.3 Å². The molecule has 1 N–H and O–H groups in total. The number of benzene rings is 1. The van der Waals surface area contributed by atoms with Crippen molar-refractivity contribution in [3.63, 3.8) is 0 Å². The number of rotatable bonds is 3. The van der Waals surface area contributed by atoms with Crippen LogP contribution in [0.5, 0.6) is 0 Å². The van der Waals surface area contributed by atoms with Gasteiger partial charge in [0.15, 0.2) is 0 Å². The first-order chi connectivity index (χ1) is 9.32. The Morgan fingerprint density at radius 2 is 1.75 bits per heavy atom. The second kappa shape index (κ2) is 5.45. The zero-order chi connectivity index (χ0) is 14.8. The first-order valence-corrected chi connectivity index (χ1v) is 8.63. The number of sulfone groups is 1. The fourth-order valence-corrected chi connectivity index (χ4v) is 3.81. The summed E-state index contributed by atoms with van der Waals surface area (Å²) >= 11 is 0. The highest BCUT2D eigenvalue weighted by Gasteiger charge is 2.23. The fraction of sp³-hybridized carbons (Fsp3) is 0.533. The van der Waals surface area contributed by atoms with Gasteiger partial charge in [-0.25, -0.2) is 8.42 Å². The van der Waals surface area contributed by atoms with Crippen molar-refractivity contribution in [3.8, 4) is 6.07 Å². The smallest absolute Gasteiger partial charge is 0.150 e. The fourth-order valence-electron chi connectivity index (χ4n) is 2.32. The lowest BCUT2D eigenvalue weighted by Crippen LogP contribution is -2.32. The van der Waals surface area contributed by atoms with Crippen LogP contribution >= 0.6 is 0 Å². The number of nitrogens with one attached hydrogen (secondary N) is 1. The average Bonchev–Trinajstić information content (AvgIpc) is 2.42. The second-order valence-electron chi connectivity index (χ2n) is 5.88. The van der Waals surface area contributed by atoms with E-state index in [2.05, 4.69) is 11.4 Å². The van der Waals surface area contributed by atoms with Gasteiger partial charge < -0.3 is 5.32 Å². The van der Waals surface area contributed by atoms with E-state index >= 15 is 0 Å². The van der Waals surface area contributed by atoms with Crippen LogP contribution in [-0.4, -0.2) is 26.0 Å². The zero-order valence-corrected chi connectivity index (χ0v) is 12.7. The predicted molar refractivity (Wildman–Crippen MR) is 80.4 cm³/mol. The van der Waals surface area contributed by atoms with Crippen LogP contribution in [0.4, 0.5) is 5.69 Å². The second-order valence-corrected chi connectivity index (χ2v) is 8.19. The van der Waals surface area contributed by atoms with Crippen molar-refractivity contribution >= 4 is 15.5 Å². The van der Waals surface area contributed by atoms with Crippen molar-refractivity contribution < 1.29 is 8.42 Å². The molecule has 0 saturated carbocycles. The van der Waals surface area contributed by atoms with Crippen molar-refractivity contribution in [2.75, 3.05) is 16.8 Å². The normalized spacial score (nSPS) is 19.2. The Labute approximate surface area is 120 Å². The van der Waals surface area contributed by atoms with Gasteiger partial charge in [-0.05, 0) is 44.4 Å². The van der Waals surface area contributed by atoms with Crippen LogP contribution in [0.1, 0.15) is 32.3 Å². The summed E-state index contributed by atoms with van der Waals surface area (Å²) in [5.41, 5.74) is 1.47. The average molecular weight is 292 g/mol. The number of nitriles is 1. The highest BCUT2D eigenvalue weighted by atomic mass is 32.2. The largest absolute Gasteiger partial charge is 0.382 e. The quantitative estimate of drug-likeness (QED) is 0.929. The summed E-state index contributed by atoms with van der Waals surface area (Å²) in [6.45, 7) is 3.78. The van der Waals surface area contributed by atoms with Crippen molar-refractivity contribution in [2.45, 2.75) is 38.1 Å². The Hall–Kier alpha value is -1.54. The topological polar surface area (TPSA) is 70.0 Å². The molecule has 0 radical (unpaired) electrons. The molecule has 4 nitrogen and oxygen atoms in total. The number of hydrogen-bond acceptors (Lipinski definition) is 4. The number of nitrogens with zero attached hydrogens (tertiary/aromatic N) is 1. The first-order valence-electron chi connectivity index (χ1n) is 6.81. The van der Waals surface area contributed by atoms with Gasteiger partial charge in [-0.1, -0.05) is 12.1 Å². The summed E-state index contributed by atoms with van der Waals surface area (Å²) in [7, 11) is -2.81. The minimum atomic E-state index is -2.81. The molecule has 0 aromatic heterocycles. The summed E-state index contributed by atoms with van der Waals surface area (Å²) in [5, 5.41) is 12.5. The lowest BCUT2D eigenvalue weighted by molar-refractivity contribution is 0.559. The predicted octanol–water partition coefficient (Wildman–Crippen LogP) is 2.48. The highest BCUT2D eigenvalue weighted by molar-refractivity contribution is 7.91. The molecule has 1 aromatic carbocycles. The Morgan fingerprint density at radius 3 is 2.25 bits per heavy atom. The molecule has 20 heavy (non-hydrogen) atoms. The van der Waals surface area contributed by atoms with Crippen LogP contribution in [0.25, 0.3) is 0 Å². The minimum Gasteiger partial charge on any atom is -0.382 e. The summed E-state index contributed by atoms with van der Waals surface area (Å²) in [6.07, 6.45) is 1.32. The van der Waals surface area contributed by atoms with Gasteiger partial charge in [0.2, 0.25) is 0 Å². The summed E-state index contributed by atoms with van der Waals surface area (Å²) < 4.78 is 22.8. The minimum absolute atomic E-state index is 0.216. The molecule has 1 heterocycles. The molecule has 1 aromatic rings. The lowest BCUT2D eigenvalue weighted by atomic mass is 9.86. The van der Waals surface area contributed by atoms with E-state index in [1.54, 1.807) is 0 Å². The Bertz CT molecular complexity index is 598. The molecule has 5 heteroatoms. The van der Waals surface area contributed by atoms with Crippen LogP contribution < -0.4 is 5.32 Å². The molecule has 0 atom stereocenters. The Morgan fingerprint density at radius 1 is 1.20 bits per heavy atom. The van der Waals surface area contributed by atoms with Crippen LogP contribution in [0, 0.1) is 11.3 Å². The van der Waals surface area contributed by atoms with Crippen LogP contribution in [0.15, 0.2) is 24.3 Å². The molecule has 2 rings (SSSR count). The van der Waals surface area contributed by atoms with E-state index < -0.39 is 15.3 Å². The van der Waals surface area contributed by atoms with Gasteiger partial charge in [0.1, 0.15) is 9.84 Å². The molecule has 0 unspecified atom stereocenters. The van der Waals surface area contributed by atoms with Crippen molar-refractivity contribution in [2.24, 2.45) is 0 Å². The van der Waals surface area contributed by atoms with E-state index in [-0.39, 0.29) is 17.5 Å². The van der Waals surface area contributed by atoms with Crippen LogP contribution in [0.3, 0.4) is 0 Å². The van der Waals surface area contributed by atoms with Gasteiger partial charge in [0.05, 0.1) is 23.0 Å². The Kier molecular flexibility index (Phi) is 4.05. The van der Waals surface area contributed by atoms with E-state index in [4.69, 9.17) is 5.26 Å². The van der Waals surface area contributed by atoms with Gasteiger partial charge in [-0.15, -0.1) is 0 Å². The molecule has 1 aliphatic rings. The van der Waals surface area contributed by atoms with Gasteiger partial charge in [-0.3, -0.25) is 0 Å². The third kappa shape index (κ3) is 3.51. The molecule has 0 amide bonds. The highest BCUT2D eigenvalue weighted by Crippen LogP contribution is 2.24. The summed E-state index contributed by atoms with van der Waals surface area (Å²) in [4.78, 5) is 0. The van der Waals surface area contributed by atoms with Gasteiger partial charge in [-0.2, -0.15) is 5.26 Å². The molecular formula is C15H20N2O2S. The molecule has 1 aliphatic heterocycles. The van der Waals surface area contributed by atoms with E-state index in [1.807, 2.05) is 38.1 Å². The van der Waals surface area contributed by atoms with Crippen LogP contribution in [0.2, 0.25) is 0 Å². The maximum absolute atomic E-state index is 11.4. The van der Waals surface area contributed by atoms with Crippen molar-refractivity contribution in [1.82, 2.24) is 0 Å². The van der Waals surface area contributed by atoms with Crippen molar-refractivity contribution in [1.29, 1.82) is 5.26 Å². The molecule has 1 saturated heterocycles. The van der Waals surface area contributed by atoms with Crippen molar-refractivity contribution in [3.05, 3.63) is 29.8 Å². The SMILES string of the molecule is CC(C)(C#N)c1ccc(NC2CCS(=O)(=O)CC2)cc1. The number of anilines is 1. The van der Waals surface area contributed by atoms with Gasteiger partial charge in [0.25, 0.3) is 0 Å². The molecule has 0 bridgehead atoms. The molecule has 1 fully saturated rings. The maximum atomic E-state index is 11.4. The first kappa shape index (κ1) is 14.9. The summed E-state index contributed by atoms with van der Waals surface area (Å²) in [6, 6.07) is 10.3. The lowest BCUT2D eigenvalue weighted by Gasteiger charge is -2.24. The van der Waals surface area contributed by atoms with E-state index in [0.29, 0.717) is 12.8 Å². The monoisotopic (exact) mass is 292 g/mol. The maximum Gasteiger partial charge on any atom is 0.150 e. The Balaban J connectivity index is 2.00. The van der Waals surface area contributed by atoms with Gasteiger partial charge in [0, 0.05) is 11.7 Å². The summed E-state index contributed by atoms with van der Waals surface area (Å²) in [5.74, 6) is 0.536. The van der Waals surface area contributed by atoms with Gasteiger partial charge >= 0.3 is 0 Å². The third-order valence-electron chi connectivity index (χ3n) is 3.81. The molecule has 108 valence electrons. The number of hydrogen-bond donors (Lipinski definition) is 1. The standard InChI is InChI=1S/C15H20N2O2S/c1-15(2,11-16)12-3-5-13(6-4-12)17-14-7-9-20(18,19)10-8-14/h3-6,14,17H,7-10H2,1-2H3. The van der Waals surface area contributed by atoms with Crippen LogP contribution in [-0.2, 0) is 15.3 Å². The van der Waals surface area contributed by atoms with E-state index in [1.165, 1.54) is 0 Å². The molecule has 0 aliphatic carbocycles. The molecule has 0 spiro atoms. The molecular weight excluding hydrogens is 272 g/mol. The zero-order valence-electron chi connectivity index (χ0n) is 11.9.